The van der Waals surface area contributed by atoms with Crippen LogP contribution in [0, 0.1) is 0 Å². The maximum absolute atomic E-state index is 4.56. The topological polar surface area (TPSA) is 52.5 Å². The Labute approximate surface area is 161 Å². The van der Waals surface area contributed by atoms with E-state index in [0.29, 0.717) is 6.54 Å². The Hall–Kier alpha value is -2.21. The number of rotatable bonds is 9. The van der Waals surface area contributed by atoms with Crippen LogP contribution in [0.1, 0.15) is 19.4 Å². The molecule has 0 bridgehead atoms. The van der Waals surface area contributed by atoms with Crippen LogP contribution in [0.5, 0.6) is 0 Å². The molecule has 0 radical (unpaired) electrons. The van der Waals surface area contributed by atoms with E-state index in [1.54, 1.807) is 7.05 Å². The van der Waals surface area contributed by atoms with Crippen molar-refractivity contribution in [2.24, 2.45) is 4.99 Å². The van der Waals surface area contributed by atoms with Crippen molar-refractivity contribution >= 4 is 23.5 Å². The van der Waals surface area contributed by atoms with Crippen molar-refractivity contribution in [2.75, 3.05) is 37.3 Å². The van der Waals surface area contributed by atoms with Gasteiger partial charge in [0.2, 0.25) is 0 Å². The van der Waals surface area contributed by atoms with E-state index in [2.05, 4.69) is 75.8 Å². The molecule has 6 heteroatoms. The summed E-state index contributed by atoms with van der Waals surface area (Å²) in [6, 6.07) is 14.6. The van der Waals surface area contributed by atoms with Crippen molar-refractivity contribution in [1.82, 2.24) is 15.6 Å². The van der Waals surface area contributed by atoms with Crippen LogP contribution in [-0.2, 0) is 6.54 Å². The molecule has 2 N–H and O–H groups in total. The SMILES string of the molecule is CCN(CC)c1ccc(CNC(=NC)NCCSc2ccccc2)cn1. The summed E-state index contributed by atoms with van der Waals surface area (Å²) >= 11 is 1.84. The Kier molecular flexibility index (Phi) is 8.83. The summed E-state index contributed by atoms with van der Waals surface area (Å²) in [6.07, 6.45) is 1.93. The second-order valence-corrected chi connectivity index (χ2v) is 6.88. The number of aromatic nitrogens is 1. The molecule has 0 saturated heterocycles. The summed E-state index contributed by atoms with van der Waals surface area (Å²) in [7, 11) is 1.79. The minimum absolute atomic E-state index is 0.705. The third kappa shape index (κ3) is 6.59. The highest BCUT2D eigenvalue weighted by Gasteiger charge is 2.04. The molecule has 0 unspecified atom stereocenters. The highest BCUT2D eigenvalue weighted by molar-refractivity contribution is 7.99. The van der Waals surface area contributed by atoms with Crippen molar-refractivity contribution in [3.05, 3.63) is 54.2 Å². The summed E-state index contributed by atoms with van der Waals surface area (Å²) in [4.78, 5) is 12.4. The minimum Gasteiger partial charge on any atom is -0.357 e. The number of nitrogens with one attached hydrogen (secondary N) is 2. The fourth-order valence-electron chi connectivity index (χ4n) is 2.52. The molecule has 0 saturated carbocycles. The number of nitrogens with zero attached hydrogens (tertiary/aromatic N) is 3. The van der Waals surface area contributed by atoms with Gasteiger partial charge in [-0.15, -0.1) is 11.8 Å². The zero-order valence-electron chi connectivity index (χ0n) is 15.9. The van der Waals surface area contributed by atoms with E-state index in [1.165, 1.54) is 4.90 Å². The quantitative estimate of drug-likeness (QED) is 0.306. The van der Waals surface area contributed by atoms with E-state index in [9.17, 15) is 0 Å². The van der Waals surface area contributed by atoms with Gasteiger partial charge in [0, 0.05) is 50.1 Å². The molecule has 2 rings (SSSR count). The van der Waals surface area contributed by atoms with E-state index in [-0.39, 0.29) is 0 Å². The average molecular weight is 372 g/mol. The van der Waals surface area contributed by atoms with Crippen LogP contribution in [0.2, 0.25) is 0 Å². The van der Waals surface area contributed by atoms with Crippen LogP contribution < -0.4 is 15.5 Å². The van der Waals surface area contributed by atoms with Gasteiger partial charge in [-0.05, 0) is 37.6 Å². The van der Waals surface area contributed by atoms with Gasteiger partial charge in [-0.25, -0.2) is 4.98 Å². The van der Waals surface area contributed by atoms with Crippen molar-refractivity contribution in [3.8, 4) is 0 Å². The lowest BCUT2D eigenvalue weighted by Gasteiger charge is -2.19. The molecule has 1 aromatic carbocycles. The molecule has 2 aromatic rings. The van der Waals surface area contributed by atoms with E-state index in [4.69, 9.17) is 0 Å². The first-order valence-corrected chi connectivity index (χ1v) is 10.1. The maximum atomic E-state index is 4.56. The first kappa shape index (κ1) is 20.1. The van der Waals surface area contributed by atoms with Crippen molar-refractivity contribution in [3.63, 3.8) is 0 Å². The molecule has 0 fully saturated rings. The Morgan fingerprint density at radius 1 is 1.08 bits per heavy atom. The zero-order valence-corrected chi connectivity index (χ0v) is 16.7. The molecule has 0 aliphatic carbocycles. The van der Waals surface area contributed by atoms with Gasteiger partial charge >= 0.3 is 0 Å². The second kappa shape index (κ2) is 11.4. The summed E-state index contributed by atoms with van der Waals surface area (Å²) in [5, 5.41) is 6.68. The van der Waals surface area contributed by atoms with Gasteiger partial charge in [-0.1, -0.05) is 24.3 Å². The Bertz CT molecular complexity index is 654. The first-order valence-electron chi connectivity index (χ1n) is 9.09. The maximum Gasteiger partial charge on any atom is 0.191 e. The standard InChI is InChI=1S/C20H29N5S/c1-4-25(5-2)19-12-11-17(15-23-19)16-24-20(21-3)22-13-14-26-18-9-7-6-8-10-18/h6-12,15H,4-5,13-14,16H2,1-3H3,(H2,21,22,24). The van der Waals surface area contributed by atoms with Crippen molar-refractivity contribution in [2.45, 2.75) is 25.3 Å². The highest BCUT2D eigenvalue weighted by Crippen LogP contribution is 2.15. The van der Waals surface area contributed by atoms with Crippen molar-refractivity contribution in [1.29, 1.82) is 0 Å². The van der Waals surface area contributed by atoms with Crippen LogP contribution in [0.4, 0.5) is 5.82 Å². The summed E-state index contributed by atoms with van der Waals surface area (Å²) < 4.78 is 0. The average Bonchev–Trinajstić information content (AvgIpc) is 2.70. The molecule has 0 amide bonds. The van der Waals surface area contributed by atoms with Gasteiger partial charge in [0.15, 0.2) is 5.96 Å². The lowest BCUT2D eigenvalue weighted by atomic mass is 10.2. The third-order valence-corrected chi connectivity index (χ3v) is 5.00. The molecular weight excluding hydrogens is 342 g/mol. The lowest BCUT2D eigenvalue weighted by molar-refractivity contribution is 0.820. The van der Waals surface area contributed by atoms with E-state index < -0.39 is 0 Å². The van der Waals surface area contributed by atoms with Gasteiger partial charge in [0.1, 0.15) is 5.82 Å². The predicted molar refractivity (Wildman–Crippen MR) is 113 cm³/mol. The summed E-state index contributed by atoms with van der Waals surface area (Å²) in [5.41, 5.74) is 1.14. The van der Waals surface area contributed by atoms with Gasteiger partial charge < -0.3 is 15.5 Å². The molecule has 26 heavy (non-hydrogen) atoms. The van der Waals surface area contributed by atoms with E-state index >= 15 is 0 Å². The number of pyridine rings is 1. The number of benzene rings is 1. The third-order valence-electron chi connectivity index (χ3n) is 3.99. The van der Waals surface area contributed by atoms with E-state index in [1.807, 2.05) is 24.0 Å². The molecule has 0 atom stereocenters. The summed E-state index contributed by atoms with van der Waals surface area (Å²) in [6.45, 7) is 7.80. The molecule has 5 nitrogen and oxygen atoms in total. The Morgan fingerprint density at radius 2 is 1.85 bits per heavy atom. The highest BCUT2D eigenvalue weighted by atomic mass is 32.2. The second-order valence-electron chi connectivity index (χ2n) is 5.71. The number of aliphatic imine (C=N–C) groups is 1. The number of anilines is 1. The Morgan fingerprint density at radius 3 is 2.46 bits per heavy atom. The van der Waals surface area contributed by atoms with Gasteiger partial charge in [-0.2, -0.15) is 0 Å². The molecular formula is C20H29N5S. The normalized spacial score (nSPS) is 11.3. The van der Waals surface area contributed by atoms with Gasteiger partial charge in [0.25, 0.3) is 0 Å². The monoisotopic (exact) mass is 371 g/mol. The van der Waals surface area contributed by atoms with Crippen LogP contribution in [-0.4, -0.2) is 43.4 Å². The summed E-state index contributed by atoms with van der Waals surface area (Å²) in [5.74, 6) is 2.83. The first-order chi connectivity index (χ1) is 12.8. The minimum atomic E-state index is 0.705. The number of hydrogen-bond donors (Lipinski definition) is 2. The molecule has 1 aromatic heterocycles. The number of hydrogen-bond acceptors (Lipinski definition) is 4. The predicted octanol–water partition coefficient (Wildman–Crippen LogP) is 3.39. The fourth-order valence-corrected chi connectivity index (χ4v) is 3.31. The van der Waals surface area contributed by atoms with Gasteiger partial charge in [-0.3, -0.25) is 4.99 Å². The molecule has 0 aliphatic rings. The smallest absolute Gasteiger partial charge is 0.191 e. The number of guanidine groups is 1. The van der Waals surface area contributed by atoms with Gasteiger partial charge in [0.05, 0.1) is 0 Å². The fraction of sp³-hybridized carbons (Fsp3) is 0.400. The molecule has 140 valence electrons. The molecule has 0 aliphatic heterocycles. The van der Waals surface area contributed by atoms with E-state index in [0.717, 1.165) is 42.7 Å². The molecule has 1 heterocycles. The van der Waals surface area contributed by atoms with Crippen LogP contribution in [0.15, 0.2) is 58.5 Å². The lowest BCUT2D eigenvalue weighted by Crippen LogP contribution is -2.38. The zero-order chi connectivity index (χ0) is 18.6. The van der Waals surface area contributed by atoms with Crippen LogP contribution in [0.3, 0.4) is 0 Å². The van der Waals surface area contributed by atoms with Crippen LogP contribution in [0.25, 0.3) is 0 Å². The number of thioether (sulfide) groups is 1. The Balaban J connectivity index is 1.72. The largest absolute Gasteiger partial charge is 0.357 e. The van der Waals surface area contributed by atoms with Crippen molar-refractivity contribution < 1.29 is 0 Å². The molecule has 0 spiro atoms. The van der Waals surface area contributed by atoms with Crippen LogP contribution >= 0.6 is 11.8 Å².